The van der Waals surface area contributed by atoms with E-state index in [-0.39, 0.29) is 0 Å². The molecular formula is C13H19N5O. The zero-order valence-corrected chi connectivity index (χ0v) is 11.6. The lowest BCUT2D eigenvalue weighted by Crippen LogP contribution is -2.10. The average molecular weight is 261 g/mol. The number of hydrogen-bond donors (Lipinski definition) is 1. The number of nitrogens with zero attached hydrogens (tertiary/aromatic N) is 4. The molecule has 0 saturated carbocycles. The lowest BCUT2D eigenvalue weighted by molar-refractivity contribution is 0.197. The van der Waals surface area contributed by atoms with Gasteiger partial charge in [-0.25, -0.2) is 9.67 Å². The predicted molar refractivity (Wildman–Crippen MR) is 73.6 cm³/mol. The van der Waals surface area contributed by atoms with Crippen LogP contribution in [-0.2, 0) is 4.74 Å². The number of nitrogens with one attached hydrogen (secondary N) is 1. The van der Waals surface area contributed by atoms with Crippen molar-refractivity contribution < 1.29 is 4.74 Å². The van der Waals surface area contributed by atoms with Gasteiger partial charge in [-0.1, -0.05) is 0 Å². The van der Waals surface area contributed by atoms with Crippen molar-refractivity contribution in [1.82, 2.24) is 19.7 Å². The van der Waals surface area contributed by atoms with Crippen LogP contribution in [0, 0.1) is 13.8 Å². The average Bonchev–Trinajstić information content (AvgIpc) is 2.74. The van der Waals surface area contributed by atoms with E-state index in [1.807, 2.05) is 30.7 Å². The zero-order valence-electron chi connectivity index (χ0n) is 11.6. The Hall–Kier alpha value is -1.95. The maximum atomic E-state index is 5.00. The first-order valence-electron chi connectivity index (χ1n) is 6.30. The fraction of sp³-hybridized carbons (Fsp3) is 0.462. The Kier molecular flexibility index (Phi) is 4.46. The van der Waals surface area contributed by atoms with Gasteiger partial charge in [0.1, 0.15) is 0 Å². The van der Waals surface area contributed by atoms with Crippen molar-refractivity contribution >= 4 is 5.95 Å². The van der Waals surface area contributed by atoms with Gasteiger partial charge >= 0.3 is 0 Å². The fourth-order valence-corrected chi connectivity index (χ4v) is 1.83. The lowest BCUT2D eigenvalue weighted by Gasteiger charge is -2.07. The second-order valence-electron chi connectivity index (χ2n) is 4.35. The van der Waals surface area contributed by atoms with Gasteiger partial charge in [-0.3, -0.25) is 0 Å². The largest absolute Gasteiger partial charge is 0.385 e. The molecule has 2 aromatic rings. The van der Waals surface area contributed by atoms with E-state index >= 15 is 0 Å². The quantitative estimate of drug-likeness (QED) is 0.802. The SMILES string of the molecule is COCCCNc1nccc(-n2nc(C)cc2C)n1. The van der Waals surface area contributed by atoms with Gasteiger partial charge in [0.25, 0.3) is 0 Å². The van der Waals surface area contributed by atoms with Gasteiger partial charge in [-0.2, -0.15) is 10.1 Å². The predicted octanol–water partition coefficient (Wildman–Crippen LogP) is 1.73. The molecule has 0 aromatic carbocycles. The molecule has 0 amide bonds. The highest BCUT2D eigenvalue weighted by atomic mass is 16.5. The van der Waals surface area contributed by atoms with Crippen LogP contribution in [0.2, 0.25) is 0 Å². The lowest BCUT2D eigenvalue weighted by atomic mass is 10.4. The van der Waals surface area contributed by atoms with Gasteiger partial charge in [0.05, 0.1) is 5.69 Å². The molecule has 2 rings (SSSR count). The maximum Gasteiger partial charge on any atom is 0.224 e. The Labute approximate surface area is 112 Å². The third kappa shape index (κ3) is 3.51. The molecular weight excluding hydrogens is 242 g/mol. The van der Waals surface area contributed by atoms with Crippen molar-refractivity contribution in [3.8, 4) is 5.82 Å². The van der Waals surface area contributed by atoms with Crippen LogP contribution in [0.15, 0.2) is 18.3 Å². The summed E-state index contributed by atoms with van der Waals surface area (Å²) in [6.07, 6.45) is 2.65. The summed E-state index contributed by atoms with van der Waals surface area (Å²) in [7, 11) is 1.69. The highest BCUT2D eigenvalue weighted by Crippen LogP contribution is 2.10. The van der Waals surface area contributed by atoms with Gasteiger partial charge in [0.2, 0.25) is 5.95 Å². The van der Waals surface area contributed by atoms with Gasteiger partial charge in [0.15, 0.2) is 5.82 Å². The summed E-state index contributed by atoms with van der Waals surface area (Å²) in [6, 6.07) is 3.87. The summed E-state index contributed by atoms with van der Waals surface area (Å²) in [5.74, 6) is 1.39. The Balaban J connectivity index is 2.09. The van der Waals surface area contributed by atoms with E-state index in [1.165, 1.54) is 0 Å². The zero-order chi connectivity index (χ0) is 13.7. The minimum Gasteiger partial charge on any atom is -0.385 e. The number of aromatic nitrogens is 4. The van der Waals surface area contributed by atoms with Crippen LogP contribution >= 0.6 is 0 Å². The molecule has 1 N–H and O–H groups in total. The number of rotatable bonds is 6. The molecule has 0 aliphatic rings. The topological polar surface area (TPSA) is 64.9 Å². The number of aryl methyl sites for hydroxylation is 2. The van der Waals surface area contributed by atoms with E-state index in [2.05, 4.69) is 20.4 Å². The Morgan fingerprint density at radius 2 is 2.21 bits per heavy atom. The van der Waals surface area contributed by atoms with Crippen LogP contribution in [0.25, 0.3) is 5.82 Å². The van der Waals surface area contributed by atoms with Crippen molar-refractivity contribution in [2.45, 2.75) is 20.3 Å². The standard InChI is InChI=1S/C13H19N5O/c1-10-9-11(2)18(17-10)12-5-7-15-13(16-12)14-6-4-8-19-3/h5,7,9H,4,6,8H2,1-3H3,(H,14,15,16). The van der Waals surface area contributed by atoms with E-state index < -0.39 is 0 Å². The molecule has 102 valence electrons. The second kappa shape index (κ2) is 6.29. The van der Waals surface area contributed by atoms with Gasteiger partial charge < -0.3 is 10.1 Å². The maximum absolute atomic E-state index is 5.00. The number of hydrogen-bond acceptors (Lipinski definition) is 5. The highest BCUT2D eigenvalue weighted by molar-refractivity contribution is 5.32. The highest BCUT2D eigenvalue weighted by Gasteiger charge is 2.06. The van der Waals surface area contributed by atoms with Crippen LogP contribution in [0.5, 0.6) is 0 Å². The molecule has 0 aliphatic carbocycles. The first kappa shape index (κ1) is 13.5. The van der Waals surface area contributed by atoms with E-state index in [4.69, 9.17) is 4.74 Å². The molecule has 6 heteroatoms. The number of ether oxygens (including phenoxy) is 1. The van der Waals surface area contributed by atoms with E-state index in [0.717, 1.165) is 36.8 Å². The third-order valence-corrected chi connectivity index (χ3v) is 2.68. The molecule has 0 saturated heterocycles. The van der Waals surface area contributed by atoms with Crippen LogP contribution in [0.4, 0.5) is 5.95 Å². The Bertz CT molecular complexity index is 538. The van der Waals surface area contributed by atoms with Gasteiger partial charge in [-0.05, 0) is 26.3 Å². The first-order valence-corrected chi connectivity index (χ1v) is 6.30. The monoisotopic (exact) mass is 261 g/mol. The minimum absolute atomic E-state index is 0.612. The summed E-state index contributed by atoms with van der Waals surface area (Å²) in [4.78, 5) is 8.65. The summed E-state index contributed by atoms with van der Waals surface area (Å²) in [6.45, 7) is 5.49. The molecule has 0 spiro atoms. The second-order valence-corrected chi connectivity index (χ2v) is 4.35. The van der Waals surface area contributed by atoms with E-state index in [9.17, 15) is 0 Å². The van der Waals surface area contributed by atoms with Crippen molar-refractivity contribution in [2.24, 2.45) is 0 Å². The van der Waals surface area contributed by atoms with E-state index in [1.54, 1.807) is 13.3 Å². The van der Waals surface area contributed by atoms with Gasteiger partial charge in [-0.15, -0.1) is 0 Å². The summed E-state index contributed by atoms with van der Waals surface area (Å²) < 4.78 is 6.81. The van der Waals surface area contributed by atoms with Crippen molar-refractivity contribution in [3.05, 3.63) is 29.7 Å². The smallest absolute Gasteiger partial charge is 0.224 e. The number of methoxy groups -OCH3 is 1. The molecule has 0 fully saturated rings. The van der Waals surface area contributed by atoms with Crippen LogP contribution < -0.4 is 5.32 Å². The summed E-state index contributed by atoms with van der Waals surface area (Å²) in [5, 5.41) is 7.58. The summed E-state index contributed by atoms with van der Waals surface area (Å²) in [5.41, 5.74) is 2.03. The van der Waals surface area contributed by atoms with Crippen molar-refractivity contribution in [2.75, 3.05) is 25.6 Å². The van der Waals surface area contributed by atoms with Gasteiger partial charge in [0, 0.05) is 38.2 Å². The molecule has 0 radical (unpaired) electrons. The normalized spacial score (nSPS) is 10.7. The number of anilines is 1. The molecule has 0 aliphatic heterocycles. The summed E-state index contributed by atoms with van der Waals surface area (Å²) >= 11 is 0. The van der Waals surface area contributed by atoms with Crippen LogP contribution in [-0.4, -0.2) is 40.0 Å². The van der Waals surface area contributed by atoms with E-state index in [0.29, 0.717) is 5.95 Å². The third-order valence-electron chi connectivity index (χ3n) is 2.68. The van der Waals surface area contributed by atoms with Crippen LogP contribution in [0.3, 0.4) is 0 Å². The Morgan fingerprint density at radius 3 is 2.89 bits per heavy atom. The molecule has 0 unspecified atom stereocenters. The van der Waals surface area contributed by atoms with Crippen molar-refractivity contribution in [3.63, 3.8) is 0 Å². The molecule has 0 bridgehead atoms. The molecule has 2 heterocycles. The molecule has 19 heavy (non-hydrogen) atoms. The molecule has 6 nitrogen and oxygen atoms in total. The molecule has 2 aromatic heterocycles. The molecule has 0 atom stereocenters. The minimum atomic E-state index is 0.612. The first-order chi connectivity index (χ1) is 9.20. The van der Waals surface area contributed by atoms with Crippen molar-refractivity contribution in [1.29, 1.82) is 0 Å². The Morgan fingerprint density at radius 1 is 1.37 bits per heavy atom. The fourth-order valence-electron chi connectivity index (χ4n) is 1.83. The van der Waals surface area contributed by atoms with Crippen LogP contribution in [0.1, 0.15) is 17.8 Å².